The molecule has 0 aromatic rings. The van der Waals surface area contributed by atoms with Crippen molar-refractivity contribution in [3.8, 4) is 0 Å². The van der Waals surface area contributed by atoms with E-state index >= 15 is 0 Å². The molecule has 0 aromatic carbocycles. The van der Waals surface area contributed by atoms with Gasteiger partial charge in [-0.1, -0.05) is 12.8 Å². The standard InChI is InChI=1S/C14H21NO5/c1-20-12(10-16)5-3-2-4-6-13-11(9-15(18)19)7-8-14(13)17/h11,13H,2-9H2,1H3. The highest BCUT2D eigenvalue weighted by atomic mass is 16.6. The van der Waals surface area contributed by atoms with Gasteiger partial charge in [0, 0.05) is 29.6 Å². The Morgan fingerprint density at radius 3 is 2.80 bits per heavy atom. The molecule has 0 N–H and O–H groups in total. The van der Waals surface area contributed by atoms with Crippen molar-refractivity contribution in [3.63, 3.8) is 0 Å². The van der Waals surface area contributed by atoms with Crippen molar-refractivity contribution in [2.45, 2.75) is 44.9 Å². The molecule has 1 saturated carbocycles. The van der Waals surface area contributed by atoms with E-state index in [1.165, 1.54) is 7.11 Å². The van der Waals surface area contributed by atoms with E-state index in [4.69, 9.17) is 4.74 Å². The summed E-state index contributed by atoms with van der Waals surface area (Å²) in [6.45, 7) is -0.0991. The van der Waals surface area contributed by atoms with Gasteiger partial charge in [-0.2, -0.15) is 0 Å². The Labute approximate surface area is 118 Å². The molecule has 2 atom stereocenters. The summed E-state index contributed by atoms with van der Waals surface area (Å²) in [6, 6.07) is 0. The summed E-state index contributed by atoms with van der Waals surface area (Å²) in [6.07, 6.45) is 4.92. The third-order valence-electron chi connectivity index (χ3n) is 3.91. The molecule has 112 valence electrons. The van der Waals surface area contributed by atoms with E-state index in [0.29, 0.717) is 31.4 Å². The summed E-state index contributed by atoms with van der Waals surface area (Å²) < 4.78 is 4.82. The predicted octanol–water partition coefficient (Wildman–Crippen LogP) is 2.17. The van der Waals surface area contributed by atoms with Crippen LogP contribution in [-0.2, 0) is 14.3 Å². The molecule has 0 aromatic heterocycles. The molecule has 6 nitrogen and oxygen atoms in total. The largest absolute Gasteiger partial charge is 0.490 e. The summed E-state index contributed by atoms with van der Waals surface area (Å²) >= 11 is 0. The zero-order chi connectivity index (χ0) is 15.0. The van der Waals surface area contributed by atoms with E-state index in [1.54, 1.807) is 5.94 Å². The third kappa shape index (κ3) is 5.13. The summed E-state index contributed by atoms with van der Waals surface area (Å²) in [4.78, 5) is 32.4. The maximum Gasteiger partial charge on any atom is 0.207 e. The zero-order valence-corrected chi connectivity index (χ0v) is 11.8. The number of unbranched alkanes of at least 4 members (excludes halogenated alkanes) is 2. The second kappa shape index (κ2) is 8.48. The average Bonchev–Trinajstić information content (AvgIpc) is 2.74. The van der Waals surface area contributed by atoms with Crippen molar-refractivity contribution in [2.75, 3.05) is 13.7 Å². The first-order valence-corrected chi connectivity index (χ1v) is 7.01. The number of allylic oxidation sites excluding steroid dienone is 1. The van der Waals surface area contributed by atoms with Gasteiger partial charge >= 0.3 is 0 Å². The van der Waals surface area contributed by atoms with Gasteiger partial charge < -0.3 is 4.74 Å². The van der Waals surface area contributed by atoms with Gasteiger partial charge in [0.1, 0.15) is 5.78 Å². The molecule has 1 fully saturated rings. The predicted molar refractivity (Wildman–Crippen MR) is 72.4 cm³/mol. The molecule has 20 heavy (non-hydrogen) atoms. The van der Waals surface area contributed by atoms with E-state index in [-0.39, 0.29) is 29.1 Å². The molecule has 1 aliphatic carbocycles. The number of ether oxygens (including phenoxy) is 1. The van der Waals surface area contributed by atoms with Gasteiger partial charge in [0.2, 0.25) is 6.54 Å². The summed E-state index contributed by atoms with van der Waals surface area (Å²) in [5.74, 6) is 1.97. The number of nitro groups is 1. The highest BCUT2D eigenvalue weighted by molar-refractivity contribution is 5.83. The number of nitrogens with zero attached hydrogens (tertiary/aromatic N) is 1. The number of rotatable bonds is 9. The maximum absolute atomic E-state index is 11.7. The van der Waals surface area contributed by atoms with Crippen LogP contribution in [0.4, 0.5) is 0 Å². The first-order chi connectivity index (χ1) is 9.58. The van der Waals surface area contributed by atoms with Crippen LogP contribution in [0.5, 0.6) is 0 Å². The number of ketones is 1. The minimum absolute atomic E-state index is 0.0955. The lowest BCUT2D eigenvalue weighted by Crippen LogP contribution is -2.21. The molecule has 0 radical (unpaired) electrons. The van der Waals surface area contributed by atoms with Crippen molar-refractivity contribution in [1.29, 1.82) is 0 Å². The second-order valence-corrected chi connectivity index (χ2v) is 5.22. The summed E-state index contributed by atoms with van der Waals surface area (Å²) in [7, 11) is 1.44. The number of Topliss-reactive ketones (excluding diaryl/α,β-unsaturated/α-hetero) is 1. The van der Waals surface area contributed by atoms with Crippen LogP contribution in [0.1, 0.15) is 44.9 Å². The Bertz CT molecular complexity index is 400. The first-order valence-electron chi connectivity index (χ1n) is 7.01. The number of methoxy groups -OCH3 is 1. The number of carbonyl (C=O) groups is 1. The fourth-order valence-corrected chi connectivity index (χ4v) is 2.81. The lowest BCUT2D eigenvalue weighted by atomic mass is 9.90. The second-order valence-electron chi connectivity index (χ2n) is 5.22. The van der Waals surface area contributed by atoms with E-state index in [9.17, 15) is 19.7 Å². The van der Waals surface area contributed by atoms with Crippen LogP contribution in [0, 0.1) is 22.0 Å². The van der Waals surface area contributed by atoms with Crippen LogP contribution in [-0.4, -0.2) is 30.3 Å². The molecule has 1 rings (SSSR count). The average molecular weight is 283 g/mol. The van der Waals surface area contributed by atoms with Crippen LogP contribution in [0.3, 0.4) is 0 Å². The first kappa shape index (κ1) is 16.4. The molecular formula is C14H21NO5. The van der Waals surface area contributed by atoms with Crippen LogP contribution < -0.4 is 0 Å². The number of hydrogen-bond acceptors (Lipinski definition) is 5. The van der Waals surface area contributed by atoms with Gasteiger partial charge in [-0.05, 0) is 19.3 Å². The molecule has 6 heteroatoms. The van der Waals surface area contributed by atoms with Gasteiger partial charge in [0.05, 0.1) is 7.11 Å². The van der Waals surface area contributed by atoms with E-state index in [0.717, 1.165) is 19.3 Å². The minimum atomic E-state index is -0.323. The van der Waals surface area contributed by atoms with E-state index in [2.05, 4.69) is 0 Å². The maximum atomic E-state index is 11.7. The summed E-state index contributed by atoms with van der Waals surface area (Å²) in [5, 5.41) is 10.6. The third-order valence-corrected chi connectivity index (χ3v) is 3.91. The van der Waals surface area contributed by atoms with Gasteiger partial charge in [-0.3, -0.25) is 14.9 Å². The molecule has 0 spiro atoms. The fourth-order valence-electron chi connectivity index (χ4n) is 2.81. The minimum Gasteiger partial charge on any atom is -0.490 e. The van der Waals surface area contributed by atoms with Gasteiger partial charge in [-0.25, -0.2) is 4.79 Å². The molecule has 0 saturated heterocycles. The van der Waals surface area contributed by atoms with Crippen molar-refractivity contribution in [1.82, 2.24) is 0 Å². The number of carbonyl (C=O) groups excluding carboxylic acids is 2. The van der Waals surface area contributed by atoms with Gasteiger partial charge in [0.15, 0.2) is 11.7 Å². The normalized spacial score (nSPS) is 21.6. The topological polar surface area (TPSA) is 86.5 Å². The Hall–Kier alpha value is -1.68. The Kier molecular flexibility index (Phi) is 6.94. The van der Waals surface area contributed by atoms with Crippen LogP contribution in [0.25, 0.3) is 0 Å². The Morgan fingerprint density at radius 2 is 2.20 bits per heavy atom. The van der Waals surface area contributed by atoms with Crippen LogP contribution in [0.2, 0.25) is 0 Å². The van der Waals surface area contributed by atoms with Crippen molar-refractivity contribution < 1.29 is 19.2 Å². The van der Waals surface area contributed by atoms with Gasteiger partial charge in [0.25, 0.3) is 0 Å². The Balaban J connectivity index is 2.27. The zero-order valence-electron chi connectivity index (χ0n) is 11.8. The Morgan fingerprint density at radius 1 is 1.45 bits per heavy atom. The summed E-state index contributed by atoms with van der Waals surface area (Å²) in [5.41, 5.74) is 0. The quantitative estimate of drug-likeness (QED) is 0.213. The molecule has 0 aliphatic heterocycles. The SMILES string of the molecule is COC(=C=O)CCCCCC1C(=O)CCC1C[N+](=O)[O-]. The molecule has 0 heterocycles. The highest BCUT2D eigenvalue weighted by Gasteiger charge is 2.36. The molecule has 0 bridgehead atoms. The molecule has 0 amide bonds. The smallest absolute Gasteiger partial charge is 0.207 e. The molecular weight excluding hydrogens is 262 g/mol. The van der Waals surface area contributed by atoms with E-state index < -0.39 is 0 Å². The van der Waals surface area contributed by atoms with Gasteiger partial charge in [-0.15, -0.1) is 0 Å². The lowest BCUT2D eigenvalue weighted by Gasteiger charge is -2.14. The molecule has 1 aliphatic rings. The lowest BCUT2D eigenvalue weighted by molar-refractivity contribution is -0.489. The van der Waals surface area contributed by atoms with Crippen molar-refractivity contribution >= 4 is 11.7 Å². The monoisotopic (exact) mass is 283 g/mol. The fraction of sp³-hybridized carbons (Fsp3) is 0.786. The number of hydrogen-bond donors (Lipinski definition) is 0. The highest BCUT2D eigenvalue weighted by Crippen LogP contribution is 2.32. The van der Waals surface area contributed by atoms with Crippen molar-refractivity contribution in [2.24, 2.45) is 11.8 Å². The van der Waals surface area contributed by atoms with E-state index in [1.807, 2.05) is 0 Å². The molecule has 2 unspecified atom stereocenters. The van der Waals surface area contributed by atoms with Crippen molar-refractivity contribution in [3.05, 3.63) is 15.9 Å². The van der Waals surface area contributed by atoms with Crippen LogP contribution in [0.15, 0.2) is 5.76 Å². The van der Waals surface area contributed by atoms with Crippen LogP contribution >= 0.6 is 0 Å².